The average Bonchev–Trinajstić information content (AvgIpc) is 3.02. The van der Waals surface area contributed by atoms with Gasteiger partial charge < -0.3 is 10.2 Å². The summed E-state index contributed by atoms with van der Waals surface area (Å²) in [5.41, 5.74) is 0.409. The smallest absolute Gasteiger partial charge is 0.303 e. The lowest BCUT2D eigenvalue weighted by Gasteiger charge is -2.61. The van der Waals surface area contributed by atoms with Crippen molar-refractivity contribution in [3.63, 3.8) is 0 Å². The van der Waals surface area contributed by atoms with Crippen molar-refractivity contribution in [3.05, 3.63) is 0 Å². The van der Waals surface area contributed by atoms with E-state index in [1.807, 2.05) is 13.8 Å². The van der Waals surface area contributed by atoms with Gasteiger partial charge in [-0.1, -0.05) is 20.8 Å². The highest BCUT2D eigenvalue weighted by Gasteiger charge is 2.60. The van der Waals surface area contributed by atoms with E-state index in [2.05, 4.69) is 20.8 Å². The van der Waals surface area contributed by atoms with Crippen LogP contribution < -0.4 is 0 Å². The minimum absolute atomic E-state index is 0.329. The molecule has 3 nitrogen and oxygen atoms in total. The number of carboxylic acid groups (broad SMARTS) is 1. The largest absolute Gasteiger partial charge is 0.481 e. The zero-order valence-electron chi connectivity index (χ0n) is 20.8. The molecule has 0 spiro atoms. The standard InChI is InChI=1S/C28H48O3/c1-18(6-11-25(29)30)22-9-10-23-21-8-7-20-16-19(17-26(2,3)31)12-14-27(20,4)24(21)13-15-28(22,23)5/h18-24,31H,6-17H2,1-5H3,(H,29,30)/t18-,19-,20-,21+,22-,23+,24+,27+,28-/m1/s1. The summed E-state index contributed by atoms with van der Waals surface area (Å²) in [6.45, 7) is 11.5. The Balaban J connectivity index is 1.46. The van der Waals surface area contributed by atoms with E-state index < -0.39 is 11.6 Å². The molecule has 0 saturated heterocycles. The van der Waals surface area contributed by atoms with Crippen LogP contribution in [0.1, 0.15) is 112 Å². The summed E-state index contributed by atoms with van der Waals surface area (Å²) in [5, 5.41) is 19.5. The highest BCUT2D eigenvalue weighted by atomic mass is 16.4. The summed E-state index contributed by atoms with van der Waals surface area (Å²) < 4.78 is 0. The molecule has 0 radical (unpaired) electrons. The highest BCUT2D eigenvalue weighted by molar-refractivity contribution is 5.66. The molecule has 0 aromatic heterocycles. The summed E-state index contributed by atoms with van der Waals surface area (Å²) in [5.74, 6) is 4.80. The zero-order valence-corrected chi connectivity index (χ0v) is 20.8. The molecule has 4 saturated carbocycles. The fraction of sp³-hybridized carbons (Fsp3) is 0.964. The lowest BCUT2D eigenvalue weighted by atomic mass is 9.43. The fourth-order valence-corrected chi connectivity index (χ4v) is 9.77. The Kier molecular flexibility index (Phi) is 6.34. The Morgan fingerprint density at radius 1 is 1.00 bits per heavy atom. The van der Waals surface area contributed by atoms with Crippen molar-refractivity contribution in [3.8, 4) is 0 Å². The van der Waals surface area contributed by atoms with Crippen LogP contribution in [0, 0.1) is 52.3 Å². The van der Waals surface area contributed by atoms with E-state index in [4.69, 9.17) is 5.11 Å². The van der Waals surface area contributed by atoms with E-state index in [1.165, 1.54) is 57.8 Å². The van der Waals surface area contributed by atoms with Gasteiger partial charge in [0.05, 0.1) is 5.60 Å². The zero-order chi connectivity index (χ0) is 22.6. The van der Waals surface area contributed by atoms with Gasteiger partial charge in [0.25, 0.3) is 0 Å². The quantitative estimate of drug-likeness (QED) is 0.479. The second kappa shape index (κ2) is 8.33. The van der Waals surface area contributed by atoms with Gasteiger partial charge in [-0.2, -0.15) is 0 Å². The van der Waals surface area contributed by atoms with Crippen LogP contribution in [-0.4, -0.2) is 21.8 Å². The molecule has 0 amide bonds. The first-order chi connectivity index (χ1) is 14.4. The predicted octanol–water partition coefficient (Wildman–Crippen LogP) is 6.92. The fourth-order valence-electron chi connectivity index (χ4n) is 9.77. The van der Waals surface area contributed by atoms with E-state index >= 15 is 0 Å². The Hall–Kier alpha value is -0.570. The summed E-state index contributed by atoms with van der Waals surface area (Å²) >= 11 is 0. The molecule has 9 atom stereocenters. The summed E-state index contributed by atoms with van der Waals surface area (Å²) in [6.07, 6.45) is 14.4. The van der Waals surface area contributed by atoms with Crippen molar-refractivity contribution in [2.24, 2.45) is 52.3 Å². The number of carbonyl (C=O) groups is 1. The van der Waals surface area contributed by atoms with Crippen LogP contribution >= 0.6 is 0 Å². The van der Waals surface area contributed by atoms with E-state index in [1.54, 1.807) is 0 Å². The maximum Gasteiger partial charge on any atom is 0.303 e. The summed E-state index contributed by atoms with van der Waals surface area (Å²) in [7, 11) is 0. The van der Waals surface area contributed by atoms with Gasteiger partial charge in [0.1, 0.15) is 0 Å². The van der Waals surface area contributed by atoms with Gasteiger partial charge in [-0.05, 0) is 137 Å². The van der Waals surface area contributed by atoms with Crippen molar-refractivity contribution < 1.29 is 15.0 Å². The molecule has 0 aromatic carbocycles. The van der Waals surface area contributed by atoms with Crippen LogP contribution in [0.5, 0.6) is 0 Å². The van der Waals surface area contributed by atoms with Crippen LogP contribution in [0.2, 0.25) is 0 Å². The molecule has 3 heteroatoms. The van der Waals surface area contributed by atoms with E-state index in [9.17, 15) is 9.90 Å². The molecule has 0 bridgehead atoms. The lowest BCUT2D eigenvalue weighted by molar-refractivity contribution is -0.138. The number of hydrogen-bond acceptors (Lipinski definition) is 2. The Bertz CT molecular complexity index is 666. The Labute approximate surface area is 190 Å². The minimum Gasteiger partial charge on any atom is -0.481 e. The molecular weight excluding hydrogens is 384 g/mol. The average molecular weight is 433 g/mol. The van der Waals surface area contributed by atoms with Crippen molar-refractivity contribution in [2.75, 3.05) is 0 Å². The molecule has 4 rings (SSSR count). The normalized spacial score (nSPS) is 46.0. The second-order valence-corrected chi connectivity index (χ2v) is 13.5. The maximum atomic E-state index is 11.1. The van der Waals surface area contributed by atoms with Gasteiger partial charge in [-0.25, -0.2) is 0 Å². The van der Waals surface area contributed by atoms with Gasteiger partial charge in [0.2, 0.25) is 0 Å². The van der Waals surface area contributed by atoms with Crippen LogP contribution in [0.25, 0.3) is 0 Å². The highest BCUT2D eigenvalue weighted by Crippen LogP contribution is 2.68. The molecule has 2 N–H and O–H groups in total. The SMILES string of the molecule is C[C@H](CCC(=O)O)[C@H]1CC[C@H]2[C@@H]3CC[C@@H]4C[C@H](CC(C)(C)O)CC[C@]4(C)[C@H]3CC[C@]12C. The Morgan fingerprint density at radius 2 is 1.68 bits per heavy atom. The van der Waals surface area contributed by atoms with Gasteiger partial charge >= 0.3 is 5.97 Å². The molecular formula is C28H48O3. The number of hydrogen-bond donors (Lipinski definition) is 2. The Morgan fingerprint density at radius 3 is 2.35 bits per heavy atom. The number of aliphatic carboxylic acids is 1. The van der Waals surface area contributed by atoms with E-state index in [0.717, 1.165) is 36.5 Å². The van der Waals surface area contributed by atoms with Gasteiger partial charge in [-0.3, -0.25) is 4.79 Å². The minimum atomic E-state index is -0.637. The third kappa shape index (κ3) is 4.34. The third-order valence-corrected chi connectivity index (χ3v) is 11.1. The molecule has 0 heterocycles. The number of aliphatic hydroxyl groups is 1. The molecule has 4 aliphatic carbocycles. The lowest BCUT2D eigenvalue weighted by Crippen LogP contribution is -2.54. The van der Waals surface area contributed by atoms with Crippen LogP contribution in [0.4, 0.5) is 0 Å². The van der Waals surface area contributed by atoms with Gasteiger partial charge in [-0.15, -0.1) is 0 Å². The third-order valence-electron chi connectivity index (χ3n) is 11.1. The molecule has 31 heavy (non-hydrogen) atoms. The first kappa shape index (κ1) is 23.6. The van der Waals surface area contributed by atoms with Crippen LogP contribution in [0.3, 0.4) is 0 Å². The molecule has 4 aliphatic rings. The van der Waals surface area contributed by atoms with Gasteiger partial charge in [0, 0.05) is 6.42 Å². The number of carboxylic acids is 1. The molecule has 0 unspecified atom stereocenters. The van der Waals surface area contributed by atoms with Crippen LogP contribution in [0.15, 0.2) is 0 Å². The molecule has 0 aromatic rings. The molecule has 4 fully saturated rings. The molecule has 0 aliphatic heterocycles. The van der Waals surface area contributed by atoms with E-state index in [-0.39, 0.29) is 0 Å². The second-order valence-electron chi connectivity index (χ2n) is 13.5. The molecule has 178 valence electrons. The number of fused-ring (bicyclic) bond motifs is 5. The van der Waals surface area contributed by atoms with Crippen molar-refractivity contribution >= 4 is 5.97 Å². The monoisotopic (exact) mass is 432 g/mol. The van der Waals surface area contributed by atoms with Crippen molar-refractivity contribution in [2.45, 2.75) is 117 Å². The first-order valence-electron chi connectivity index (χ1n) is 13.4. The number of rotatable bonds is 6. The predicted molar refractivity (Wildman–Crippen MR) is 126 cm³/mol. The summed E-state index contributed by atoms with van der Waals surface area (Å²) in [6, 6.07) is 0. The van der Waals surface area contributed by atoms with Crippen molar-refractivity contribution in [1.29, 1.82) is 0 Å². The van der Waals surface area contributed by atoms with Crippen LogP contribution in [-0.2, 0) is 4.79 Å². The topological polar surface area (TPSA) is 57.5 Å². The van der Waals surface area contributed by atoms with Gasteiger partial charge in [0.15, 0.2) is 0 Å². The van der Waals surface area contributed by atoms with Crippen molar-refractivity contribution in [1.82, 2.24) is 0 Å². The first-order valence-corrected chi connectivity index (χ1v) is 13.4. The maximum absolute atomic E-state index is 11.1. The van der Waals surface area contributed by atoms with E-state index in [0.29, 0.717) is 35.0 Å². The summed E-state index contributed by atoms with van der Waals surface area (Å²) in [4.78, 5) is 11.1.